The summed E-state index contributed by atoms with van der Waals surface area (Å²) in [6.45, 7) is 0.688. The molecule has 0 aliphatic carbocycles. The molecule has 1 aliphatic heterocycles. The maximum atomic E-state index is 12.8. The van der Waals surface area contributed by atoms with Crippen molar-refractivity contribution in [3.8, 4) is 34.3 Å². The first-order valence-electron chi connectivity index (χ1n) is 10.9. The molecule has 10 nitrogen and oxygen atoms in total. The third kappa shape index (κ3) is 4.83. The second-order valence-electron chi connectivity index (χ2n) is 7.77. The molecular formula is C24H18F3N5O5. The predicted octanol–water partition coefficient (Wildman–Crippen LogP) is 3.95. The number of hydrogen-bond acceptors (Lipinski definition) is 7. The average Bonchev–Trinajstić information content (AvgIpc) is 3.52. The SMILES string of the molecule is COc1cc(N2CCOC2=O)ccc1-n1ccc(=O)c(-c2ccnn2-c2cccc(OC(F)(F)F)c2)n1. The van der Waals surface area contributed by atoms with Crippen molar-refractivity contribution >= 4 is 11.8 Å². The van der Waals surface area contributed by atoms with Gasteiger partial charge in [0.05, 0.1) is 36.9 Å². The zero-order chi connectivity index (χ0) is 26.2. The molecule has 0 N–H and O–H groups in total. The molecule has 0 radical (unpaired) electrons. The topological polar surface area (TPSA) is 101 Å². The third-order valence-electron chi connectivity index (χ3n) is 5.47. The van der Waals surface area contributed by atoms with Crippen LogP contribution >= 0.6 is 0 Å². The van der Waals surface area contributed by atoms with E-state index in [1.54, 1.807) is 18.2 Å². The summed E-state index contributed by atoms with van der Waals surface area (Å²) in [6.07, 6.45) is -2.47. The van der Waals surface area contributed by atoms with Gasteiger partial charge in [0, 0.05) is 24.4 Å². The molecular weight excluding hydrogens is 495 g/mol. The molecule has 2 aromatic carbocycles. The lowest BCUT2D eigenvalue weighted by Gasteiger charge is -2.17. The number of anilines is 1. The zero-order valence-electron chi connectivity index (χ0n) is 19.2. The molecule has 5 rings (SSSR count). The highest BCUT2D eigenvalue weighted by Crippen LogP contribution is 2.30. The number of carbonyl (C=O) groups is 1. The van der Waals surface area contributed by atoms with Gasteiger partial charge in [0.1, 0.15) is 23.8 Å². The van der Waals surface area contributed by atoms with Gasteiger partial charge in [0.2, 0.25) is 5.43 Å². The fourth-order valence-corrected chi connectivity index (χ4v) is 3.87. The molecule has 0 saturated carbocycles. The van der Waals surface area contributed by atoms with Crippen LogP contribution in [-0.2, 0) is 4.74 Å². The van der Waals surface area contributed by atoms with Crippen molar-refractivity contribution in [2.75, 3.05) is 25.2 Å². The number of hydrogen-bond donors (Lipinski definition) is 0. The largest absolute Gasteiger partial charge is 0.573 e. The summed E-state index contributed by atoms with van der Waals surface area (Å²) in [4.78, 5) is 26.2. The van der Waals surface area contributed by atoms with E-state index in [1.165, 1.54) is 58.0 Å². The van der Waals surface area contributed by atoms with E-state index in [-0.39, 0.29) is 23.7 Å². The highest BCUT2D eigenvalue weighted by atomic mass is 19.4. The fraction of sp³-hybridized carbons (Fsp3) is 0.167. The Morgan fingerprint density at radius 3 is 2.59 bits per heavy atom. The lowest BCUT2D eigenvalue weighted by Crippen LogP contribution is -2.23. The van der Waals surface area contributed by atoms with Crippen LogP contribution in [0.1, 0.15) is 0 Å². The number of nitrogens with zero attached hydrogens (tertiary/aromatic N) is 5. The summed E-state index contributed by atoms with van der Waals surface area (Å²) in [5, 5.41) is 8.61. The maximum Gasteiger partial charge on any atom is 0.573 e. The molecule has 0 atom stereocenters. The van der Waals surface area contributed by atoms with Crippen LogP contribution in [0.3, 0.4) is 0 Å². The Morgan fingerprint density at radius 2 is 1.86 bits per heavy atom. The van der Waals surface area contributed by atoms with E-state index in [2.05, 4.69) is 14.9 Å². The van der Waals surface area contributed by atoms with Gasteiger partial charge >= 0.3 is 12.5 Å². The van der Waals surface area contributed by atoms with Gasteiger partial charge in [0.15, 0.2) is 5.69 Å². The van der Waals surface area contributed by atoms with Crippen molar-refractivity contribution in [1.29, 1.82) is 0 Å². The first-order chi connectivity index (χ1) is 17.7. The number of cyclic esters (lactones) is 1. The van der Waals surface area contributed by atoms with Crippen molar-refractivity contribution in [3.63, 3.8) is 0 Å². The number of carbonyl (C=O) groups excluding carboxylic acids is 1. The number of alkyl halides is 3. The summed E-state index contributed by atoms with van der Waals surface area (Å²) >= 11 is 0. The van der Waals surface area contributed by atoms with Crippen molar-refractivity contribution in [3.05, 3.63) is 77.2 Å². The minimum atomic E-state index is -4.86. The fourth-order valence-electron chi connectivity index (χ4n) is 3.87. The number of benzene rings is 2. The van der Waals surface area contributed by atoms with Crippen molar-refractivity contribution in [2.24, 2.45) is 0 Å². The lowest BCUT2D eigenvalue weighted by molar-refractivity contribution is -0.274. The maximum absolute atomic E-state index is 12.8. The predicted molar refractivity (Wildman–Crippen MR) is 124 cm³/mol. The van der Waals surface area contributed by atoms with E-state index in [0.717, 1.165) is 12.1 Å². The molecule has 1 amide bonds. The van der Waals surface area contributed by atoms with Crippen LogP contribution in [0.15, 0.2) is 71.8 Å². The summed E-state index contributed by atoms with van der Waals surface area (Å²) < 4.78 is 55.2. The second-order valence-corrected chi connectivity index (χ2v) is 7.77. The van der Waals surface area contributed by atoms with Crippen LogP contribution in [0.5, 0.6) is 11.5 Å². The van der Waals surface area contributed by atoms with Crippen LogP contribution in [0.25, 0.3) is 22.8 Å². The van der Waals surface area contributed by atoms with Gasteiger partial charge in [-0.2, -0.15) is 10.2 Å². The van der Waals surface area contributed by atoms with E-state index in [0.29, 0.717) is 23.7 Å². The Morgan fingerprint density at radius 1 is 1.03 bits per heavy atom. The van der Waals surface area contributed by atoms with Gasteiger partial charge in [0.25, 0.3) is 0 Å². The van der Waals surface area contributed by atoms with Crippen molar-refractivity contribution < 1.29 is 32.2 Å². The Hall–Kier alpha value is -4.81. The molecule has 0 spiro atoms. The van der Waals surface area contributed by atoms with Crippen molar-refractivity contribution in [2.45, 2.75) is 6.36 Å². The Balaban J connectivity index is 1.54. The van der Waals surface area contributed by atoms with E-state index in [1.807, 2.05) is 0 Å². The van der Waals surface area contributed by atoms with Gasteiger partial charge in [-0.05, 0) is 30.3 Å². The number of ether oxygens (including phenoxy) is 3. The smallest absolute Gasteiger partial charge is 0.494 e. The number of methoxy groups -OCH3 is 1. The lowest BCUT2D eigenvalue weighted by atomic mass is 10.2. The van der Waals surface area contributed by atoms with Crippen LogP contribution in [0.2, 0.25) is 0 Å². The first kappa shape index (κ1) is 23.9. The number of aromatic nitrogens is 4. The quantitative estimate of drug-likeness (QED) is 0.385. The average molecular weight is 513 g/mol. The highest BCUT2D eigenvalue weighted by molar-refractivity contribution is 5.89. The molecule has 13 heteroatoms. The van der Waals surface area contributed by atoms with E-state index in [9.17, 15) is 22.8 Å². The molecule has 0 bridgehead atoms. The zero-order valence-corrected chi connectivity index (χ0v) is 19.2. The van der Waals surface area contributed by atoms with Gasteiger partial charge in [-0.1, -0.05) is 6.07 Å². The van der Waals surface area contributed by atoms with Crippen LogP contribution in [0.4, 0.5) is 23.7 Å². The minimum absolute atomic E-state index is 0.00334. The highest BCUT2D eigenvalue weighted by Gasteiger charge is 2.31. The van der Waals surface area contributed by atoms with Crippen LogP contribution in [0, 0.1) is 0 Å². The van der Waals surface area contributed by atoms with Gasteiger partial charge in [-0.3, -0.25) is 9.69 Å². The van der Waals surface area contributed by atoms with Gasteiger partial charge < -0.3 is 14.2 Å². The van der Waals surface area contributed by atoms with Crippen molar-refractivity contribution in [1.82, 2.24) is 19.6 Å². The number of amides is 1. The number of rotatable bonds is 6. The molecule has 37 heavy (non-hydrogen) atoms. The summed E-state index contributed by atoms with van der Waals surface area (Å²) in [5.41, 5.74) is 1.10. The normalized spacial score (nSPS) is 13.5. The third-order valence-corrected chi connectivity index (χ3v) is 5.47. The van der Waals surface area contributed by atoms with Crippen LogP contribution < -0.4 is 19.8 Å². The second kappa shape index (κ2) is 9.33. The van der Waals surface area contributed by atoms with Crippen LogP contribution in [-0.4, -0.2) is 52.3 Å². The van der Waals surface area contributed by atoms with E-state index < -0.39 is 23.6 Å². The van der Waals surface area contributed by atoms with Gasteiger partial charge in [-0.25, -0.2) is 14.2 Å². The van der Waals surface area contributed by atoms with Gasteiger partial charge in [-0.15, -0.1) is 13.2 Å². The number of halogens is 3. The standard InChI is InChI=1S/C24H18F3N5O5/c1-35-21-14-15(30-11-12-36-23(30)34)5-6-18(21)31-10-8-20(33)22(29-31)19-7-9-28-32(19)16-3-2-4-17(13-16)37-24(25,26)27/h2-10,13-14H,11-12H2,1H3. The Bertz CT molecular complexity index is 1530. The molecule has 1 saturated heterocycles. The monoisotopic (exact) mass is 513 g/mol. The molecule has 3 heterocycles. The summed E-state index contributed by atoms with van der Waals surface area (Å²) in [6, 6.07) is 13.0. The Kier molecular flexibility index (Phi) is 6.03. The molecule has 1 aliphatic rings. The summed E-state index contributed by atoms with van der Waals surface area (Å²) in [5.74, 6) is -0.0543. The molecule has 0 unspecified atom stereocenters. The summed E-state index contributed by atoms with van der Waals surface area (Å²) in [7, 11) is 1.46. The Labute approximate surface area is 207 Å². The van der Waals surface area contributed by atoms with E-state index in [4.69, 9.17) is 9.47 Å². The minimum Gasteiger partial charge on any atom is -0.494 e. The first-order valence-corrected chi connectivity index (χ1v) is 10.9. The molecule has 4 aromatic rings. The molecule has 1 fully saturated rings. The van der Waals surface area contributed by atoms with E-state index >= 15 is 0 Å². The molecule has 190 valence electrons. The molecule has 2 aromatic heterocycles.